The highest BCUT2D eigenvalue weighted by molar-refractivity contribution is 6.32. The van der Waals surface area contributed by atoms with Crippen molar-refractivity contribution in [3.05, 3.63) is 47.4 Å². The first-order valence-corrected chi connectivity index (χ1v) is 6.47. The van der Waals surface area contributed by atoms with Crippen molar-refractivity contribution < 1.29 is 18.7 Å². The summed E-state index contributed by atoms with van der Waals surface area (Å²) in [4.78, 5) is 15.6. The van der Waals surface area contributed by atoms with Crippen LogP contribution in [0.25, 0.3) is 0 Å². The number of anilines is 1. The topological polar surface area (TPSA) is 74.4 Å². The number of carbonyl (C=O) groups is 1. The van der Waals surface area contributed by atoms with Gasteiger partial charge in [0.05, 0.1) is 12.7 Å². The zero-order valence-electron chi connectivity index (χ0n) is 12.2. The Labute approximate surface area is 128 Å². The third-order valence-corrected chi connectivity index (χ3v) is 3.06. The molecule has 0 amide bonds. The maximum absolute atomic E-state index is 13.5. The highest BCUT2D eigenvalue weighted by atomic mass is 19.1. The normalized spacial score (nSPS) is 11.8. The summed E-state index contributed by atoms with van der Waals surface area (Å²) in [6.07, 6.45) is 0.741. The van der Waals surface area contributed by atoms with Gasteiger partial charge in [0.15, 0.2) is 11.6 Å². The number of pyridine rings is 1. The molecule has 1 atom stereocenters. The van der Waals surface area contributed by atoms with Gasteiger partial charge < -0.3 is 15.2 Å². The molecule has 1 unspecified atom stereocenters. The van der Waals surface area contributed by atoms with E-state index in [1.165, 1.54) is 37.6 Å². The number of aromatic nitrogens is 1. The van der Waals surface area contributed by atoms with E-state index in [9.17, 15) is 9.18 Å². The van der Waals surface area contributed by atoms with Crippen LogP contribution >= 0.6 is 0 Å². The lowest BCUT2D eigenvalue weighted by Gasteiger charge is -2.18. The quantitative estimate of drug-likeness (QED) is 0.684. The third kappa shape index (κ3) is 3.36. The summed E-state index contributed by atoms with van der Waals surface area (Å²) in [7, 11) is 6.88. The van der Waals surface area contributed by atoms with Gasteiger partial charge in [-0.1, -0.05) is 5.46 Å². The summed E-state index contributed by atoms with van der Waals surface area (Å²) in [6.45, 7) is 1.66. The van der Waals surface area contributed by atoms with Gasteiger partial charge in [0.25, 0.3) is 0 Å². The number of methoxy groups -OCH3 is 1. The molecule has 2 rings (SSSR count). The SMILES string of the molecule is [B]c1cnc(N)c(OC(C)c2cc(F)ccc2C(=O)OC)c1. The number of nitrogen functional groups attached to an aromatic ring is 1. The zero-order chi connectivity index (χ0) is 16.3. The minimum Gasteiger partial charge on any atom is -0.482 e. The molecule has 2 N–H and O–H groups in total. The van der Waals surface area contributed by atoms with Crippen molar-refractivity contribution in [3.8, 4) is 5.75 Å². The number of ether oxygens (including phenoxy) is 2. The van der Waals surface area contributed by atoms with E-state index >= 15 is 0 Å². The lowest BCUT2D eigenvalue weighted by atomic mass is 9.98. The second kappa shape index (κ2) is 6.47. The Bertz CT molecular complexity index is 709. The van der Waals surface area contributed by atoms with Gasteiger partial charge in [0.1, 0.15) is 19.8 Å². The smallest absolute Gasteiger partial charge is 0.338 e. The van der Waals surface area contributed by atoms with Gasteiger partial charge in [-0.2, -0.15) is 0 Å². The van der Waals surface area contributed by atoms with Gasteiger partial charge in [-0.25, -0.2) is 14.2 Å². The average Bonchev–Trinajstić information content (AvgIpc) is 2.50. The second-order valence-corrected chi connectivity index (χ2v) is 4.64. The Morgan fingerprint density at radius 1 is 1.41 bits per heavy atom. The molecule has 22 heavy (non-hydrogen) atoms. The summed E-state index contributed by atoms with van der Waals surface area (Å²) < 4.78 is 23.8. The van der Waals surface area contributed by atoms with E-state index in [2.05, 4.69) is 9.72 Å². The third-order valence-electron chi connectivity index (χ3n) is 3.06. The van der Waals surface area contributed by atoms with Crippen LogP contribution in [0.4, 0.5) is 10.2 Å². The van der Waals surface area contributed by atoms with Crippen molar-refractivity contribution in [3.63, 3.8) is 0 Å². The van der Waals surface area contributed by atoms with E-state index in [0.717, 1.165) is 0 Å². The van der Waals surface area contributed by atoms with Crippen molar-refractivity contribution in [2.45, 2.75) is 13.0 Å². The minimum atomic E-state index is -0.657. The number of nitrogens with zero attached hydrogens (tertiary/aromatic N) is 1. The molecule has 1 heterocycles. The van der Waals surface area contributed by atoms with Crippen LogP contribution in [0.5, 0.6) is 5.75 Å². The molecule has 1 aromatic carbocycles. The standard InChI is InChI=1S/C15H14BFN2O3/c1-8(22-13-5-9(16)7-19-14(13)18)12-6-10(17)3-4-11(12)15(20)21-2/h3-8H,1-2H3,(H2,18,19). The maximum Gasteiger partial charge on any atom is 0.338 e. The Balaban J connectivity index is 2.36. The monoisotopic (exact) mass is 300 g/mol. The molecule has 2 radical (unpaired) electrons. The number of halogens is 1. The molecule has 5 nitrogen and oxygen atoms in total. The summed E-state index contributed by atoms with van der Waals surface area (Å²) in [5, 5.41) is 0. The molecule has 7 heteroatoms. The van der Waals surface area contributed by atoms with Gasteiger partial charge in [0.2, 0.25) is 0 Å². The second-order valence-electron chi connectivity index (χ2n) is 4.64. The van der Waals surface area contributed by atoms with E-state index in [1.54, 1.807) is 6.92 Å². The molecular formula is C15H14BFN2O3. The molecule has 0 aliphatic carbocycles. The Hall–Kier alpha value is -2.57. The van der Waals surface area contributed by atoms with Gasteiger partial charge in [-0.15, -0.1) is 0 Å². The first kappa shape index (κ1) is 15.8. The summed E-state index contributed by atoms with van der Waals surface area (Å²) in [5.41, 5.74) is 6.65. The highest BCUT2D eigenvalue weighted by Crippen LogP contribution is 2.27. The summed E-state index contributed by atoms with van der Waals surface area (Å²) in [5.74, 6) is -0.662. The molecule has 1 aromatic heterocycles. The van der Waals surface area contributed by atoms with E-state index in [-0.39, 0.29) is 17.1 Å². The number of hydrogen-bond acceptors (Lipinski definition) is 5. The number of esters is 1. The molecule has 0 bridgehead atoms. The van der Waals surface area contributed by atoms with Crippen molar-refractivity contribution in [1.82, 2.24) is 4.98 Å². The van der Waals surface area contributed by atoms with Crippen LogP contribution in [0.2, 0.25) is 0 Å². The fraction of sp³-hybridized carbons (Fsp3) is 0.200. The first-order chi connectivity index (χ1) is 10.4. The fourth-order valence-electron chi connectivity index (χ4n) is 1.98. The molecule has 0 spiro atoms. The van der Waals surface area contributed by atoms with Crippen molar-refractivity contribution in [1.29, 1.82) is 0 Å². The number of nitrogens with two attached hydrogens (primary N) is 1. The maximum atomic E-state index is 13.5. The van der Waals surface area contributed by atoms with E-state index in [4.69, 9.17) is 18.3 Å². The number of rotatable bonds is 4. The number of benzene rings is 1. The summed E-state index contributed by atoms with van der Waals surface area (Å²) in [6, 6.07) is 5.25. The van der Waals surface area contributed by atoms with Crippen molar-refractivity contribution >= 4 is 25.1 Å². The molecule has 2 aromatic rings. The summed E-state index contributed by atoms with van der Waals surface area (Å²) >= 11 is 0. The number of carbonyl (C=O) groups excluding carboxylic acids is 1. The van der Waals surface area contributed by atoms with Gasteiger partial charge in [0, 0.05) is 11.8 Å². The van der Waals surface area contributed by atoms with Crippen molar-refractivity contribution in [2.24, 2.45) is 0 Å². The lowest BCUT2D eigenvalue weighted by Crippen LogP contribution is -2.14. The number of hydrogen-bond donors (Lipinski definition) is 1. The molecule has 0 aliphatic heterocycles. The predicted octanol–water partition coefficient (Wildman–Crippen LogP) is 1.52. The lowest BCUT2D eigenvalue weighted by molar-refractivity contribution is 0.0595. The Kier molecular flexibility index (Phi) is 4.65. The van der Waals surface area contributed by atoms with Crippen LogP contribution in [0, 0.1) is 5.82 Å². The van der Waals surface area contributed by atoms with Crippen LogP contribution in [-0.2, 0) is 4.74 Å². The predicted molar refractivity (Wildman–Crippen MR) is 80.8 cm³/mol. The van der Waals surface area contributed by atoms with E-state index < -0.39 is 17.9 Å². The first-order valence-electron chi connectivity index (χ1n) is 6.47. The fourth-order valence-corrected chi connectivity index (χ4v) is 1.98. The Morgan fingerprint density at radius 3 is 2.82 bits per heavy atom. The van der Waals surface area contributed by atoms with Gasteiger partial charge >= 0.3 is 5.97 Å². The van der Waals surface area contributed by atoms with Crippen LogP contribution in [0.1, 0.15) is 28.9 Å². The minimum absolute atomic E-state index is 0.150. The van der Waals surface area contributed by atoms with Gasteiger partial charge in [-0.05, 0) is 31.2 Å². The van der Waals surface area contributed by atoms with Crippen LogP contribution in [0.15, 0.2) is 30.5 Å². The Morgan fingerprint density at radius 2 is 2.14 bits per heavy atom. The van der Waals surface area contributed by atoms with E-state index in [0.29, 0.717) is 11.0 Å². The molecule has 0 aliphatic rings. The largest absolute Gasteiger partial charge is 0.482 e. The zero-order valence-corrected chi connectivity index (χ0v) is 12.2. The molecule has 0 fully saturated rings. The molecular weight excluding hydrogens is 286 g/mol. The molecule has 112 valence electrons. The van der Waals surface area contributed by atoms with Crippen molar-refractivity contribution in [2.75, 3.05) is 12.8 Å². The van der Waals surface area contributed by atoms with Crippen LogP contribution < -0.4 is 15.9 Å². The molecule has 0 saturated heterocycles. The van der Waals surface area contributed by atoms with E-state index in [1.807, 2.05) is 0 Å². The average molecular weight is 300 g/mol. The van der Waals surface area contributed by atoms with Crippen LogP contribution in [0.3, 0.4) is 0 Å². The highest BCUT2D eigenvalue weighted by Gasteiger charge is 2.19. The van der Waals surface area contributed by atoms with Crippen LogP contribution in [-0.4, -0.2) is 25.9 Å². The molecule has 0 saturated carbocycles. The van der Waals surface area contributed by atoms with Gasteiger partial charge in [-0.3, -0.25) is 0 Å².